The van der Waals surface area contributed by atoms with Gasteiger partial charge in [-0.25, -0.2) is 0 Å². The van der Waals surface area contributed by atoms with Crippen LogP contribution < -0.4 is 0 Å². The molecule has 2 atom stereocenters. The summed E-state index contributed by atoms with van der Waals surface area (Å²) in [6.45, 7) is 1.50. The van der Waals surface area contributed by atoms with Crippen LogP contribution in [0, 0.1) is 5.92 Å². The van der Waals surface area contributed by atoms with Crippen LogP contribution in [0.5, 0.6) is 0 Å². The predicted molar refractivity (Wildman–Crippen MR) is 112 cm³/mol. The number of nitrogens with zero attached hydrogens (tertiary/aromatic N) is 1. The lowest BCUT2D eigenvalue weighted by Gasteiger charge is -2.16. The fourth-order valence-electron chi connectivity index (χ4n) is 3.68. The van der Waals surface area contributed by atoms with Crippen molar-refractivity contribution in [2.75, 3.05) is 6.54 Å². The monoisotopic (exact) mass is 373 g/mol. The summed E-state index contributed by atoms with van der Waals surface area (Å²) in [4.78, 5) is 16.4. The minimum absolute atomic E-state index is 0.0312. The average molecular weight is 374 g/mol. The van der Waals surface area contributed by atoms with E-state index in [0.717, 1.165) is 17.9 Å². The van der Waals surface area contributed by atoms with Crippen molar-refractivity contribution < 1.29 is 4.79 Å². The molecule has 0 aliphatic carbocycles. The first-order valence-corrected chi connectivity index (χ1v) is 10.3. The zero-order valence-corrected chi connectivity index (χ0v) is 16.0. The summed E-state index contributed by atoms with van der Waals surface area (Å²) >= 11 is 1.71. The molecule has 0 aromatic heterocycles. The van der Waals surface area contributed by atoms with E-state index < -0.39 is 0 Å². The SMILES string of the molecule is O=C1C(Sc2ccccc2)C(Cc2ccccc2)CN1Cc1ccccc1. The van der Waals surface area contributed by atoms with Crippen LogP contribution in [-0.2, 0) is 17.8 Å². The molecule has 4 rings (SSSR count). The lowest BCUT2D eigenvalue weighted by Crippen LogP contribution is -2.27. The van der Waals surface area contributed by atoms with E-state index in [-0.39, 0.29) is 11.2 Å². The van der Waals surface area contributed by atoms with Gasteiger partial charge in [0.1, 0.15) is 0 Å². The molecular formula is C24H23NOS. The largest absolute Gasteiger partial charge is 0.337 e. The van der Waals surface area contributed by atoms with Gasteiger partial charge in [-0.2, -0.15) is 0 Å². The van der Waals surface area contributed by atoms with Crippen LogP contribution in [0.4, 0.5) is 0 Å². The number of thioether (sulfide) groups is 1. The normalized spacial score (nSPS) is 19.4. The van der Waals surface area contributed by atoms with Crippen molar-refractivity contribution in [2.45, 2.75) is 23.1 Å². The van der Waals surface area contributed by atoms with Gasteiger partial charge >= 0.3 is 0 Å². The van der Waals surface area contributed by atoms with Crippen molar-refractivity contribution in [3.63, 3.8) is 0 Å². The highest BCUT2D eigenvalue weighted by atomic mass is 32.2. The van der Waals surface area contributed by atoms with Crippen LogP contribution in [0.3, 0.4) is 0 Å². The number of likely N-dealkylation sites (tertiary alicyclic amines) is 1. The predicted octanol–water partition coefficient (Wildman–Crippen LogP) is 5.05. The van der Waals surface area contributed by atoms with E-state index in [9.17, 15) is 4.79 Å². The molecule has 0 spiro atoms. The molecule has 3 heteroatoms. The van der Waals surface area contributed by atoms with E-state index in [1.54, 1.807) is 11.8 Å². The molecule has 1 heterocycles. The molecule has 0 radical (unpaired) electrons. The number of carbonyl (C=O) groups excluding carboxylic acids is 1. The number of hydrogen-bond donors (Lipinski definition) is 0. The first-order chi connectivity index (χ1) is 13.3. The zero-order chi connectivity index (χ0) is 18.5. The number of rotatable bonds is 6. The molecule has 27 heavy (non-hydrogen) atoms. The molecule has 0 saturated carbocycles. The number of amides is 1. The molecule has 136 valence electrons. The molecule has 1 fully saturated rings. The van der Waals surface area contributed by atoms with E-state index in [0.29, 0.717) is 12.5 Å². The quantitative estimate of drug-likeness (QED) is 0.603. The summed E-state index contributed by atoms with van der Waals surface area (Å²) < 4.78 is 0. The summed E-state index contributed by atoms with van der Waals surface area (Å²) in [5.41, 5.74) is 2.49. The standard InChI is InChI=1S/C24H23NOS/c26-24-23(27-22-14-8-3-9-15-22)21(16-19-10-4-1-5-11-19)18-25(24)17-20-12-6-2-7-13-20/h1-15,21,23H,16-18H2. The highest BCUT2D eigenvalue weighted by Gasteiger charge is 2.40. The van der Waals surface area contributed by atoms with Crippen molar-refractivity contribution in [2.24, 2.45) is 5.92 Å². The van der Waals surface area contributed by atoms with Crippen molar-refractivity contribution in [3.05, 3.63) is 102 Å². The molecular weight excluding hydrogens is 350 g/mol. The van der Waals surface area contributed by atoms with E-state index in [1.165, 1.54) is 11.1 Å². The Morgan fingerprint density at radius 3 is 1.96 bits per heavy atom. The highest BCUT2D eigenvalue weighted by molar-refractivity contribution is 8.00. The van der Waals surface area contributed by atoms with Gasteiger partial charge in [0.2, 0.25) is 5.91 Å². The highest BCUT2D eigenvalue weighted by Crippen LogP contribution is 2.36. The molecule has 3 aromatic rings. The topological polar surface area (TPSA) is 20.3 Å². The summed E-state index contributed by atoms with van der Waals surface area (Å²) in [6.07, 6.45) is 0.933. The van der Waals surface area contributed by atoms with Gasteiger partial charge in [0.05, 0.1) is 5.25 Å². The number of carbonyl (C=O) groups is 1. The van der Waals surface area contributed by atoms with Gasteiger partial charge < -0.3 is 4.90 Å². The van der Waals surface area contributed by atoms with Crippen molar-refractivity contribution in [3.8, 4) is 0 Å². The maximum absolute atomic E-state index is 13.2. The molecule has 1 saturated heterocycles. The molecule has 1 aliphatic rings. The summed E-state index contributed by atoms with van der Waals surface area (Å²) in [7, 11) is 0. The van der Waals surface area contributed by atoms with Crippen molar-refractivity contribution in [1.82, 2.24) is 4.90 Å². The van der Waals surface area contributed by atoms with E-state index in [2.05, 4.69) is 48.5 Å². The second-order valence-electron chi connectivity index (χ2n) is 7.01. The van der Waals surface area contributed by atoms with Crippen LogP contribution in [0.2, 0.25) is 0 Å². The maximum atomic E-state index is 13.2. The van der Waals surface area contributed by atoms with Crippen molar-refractivity contribution >= 4 is 17.7 Å². The van der Waals surface area contributed by atoms with Gasteiger partial charge in [0.25, 0.3) is 0 Å². The molecule has 1 aliphatic heterocycles. The van der Waals surface area contributed by atoms with Gasteiger partial charge in [0, 0.05) is 23.9 Å². The fourth-order valence-corrected chi connectivity index (χ4v) is 4.91. The minimum Gasteiger partial charge on any atom is -0.337 e. The van der Waals surface area contributed by atoms with E-state index in [1.807, 2.05) is 47.4 Å². The van der Waals surface area contributed by atoms with Crippen LogP contribution >= 0.6 is 11.8 Å². The molecule has 0 N–H and O–H groups in total. The first kappa shape index (κ1) is 17.9. The number of benzene rings is 3. The van der Waals surface area contributed by atoms with E-state index >= 15 is 0 Å². The third-order valence-electron chi connectivity index (χ3n) is 5.00. The Bertz CT molecular complexity index is 867. The van der Waals surface area contributed by atoms with Gasteiger partial charge in [-0.15, -0.1) is 11.8 Å². The smallest absolute Gasteiger partial charge is 0.236 e. The lowest BCUT2D eigenvalue weighted by molar-refractivity contribution is -0.127. The van der Waals surface area contributed by atoms with Gasteiger partial charge in [-0.1, -0.05) is 78.9 Å². The maximum Gasteiger partial charge on any atom is 0.236 e. The molecule has 3 aromatic carbocycles. The summed E-state index contributed by atoms with van der Waals surface area (Å²) in [5.74, 6) is 0.572. The second-order valence-corrected chi connectivity index (χ2v) is 8.22. The molecule has 0 bridgehead atoms. The number of hydrogen-bond acceptors (Lipinski definition) is 2. The van der Waals surface area contributed by atoms with Crippen molar-refractivity contribution in [1.29, 1.82) is 0 Å². The van der Waals surface area contributed by atoms with Gasteiger partial charge in [0.15, 0.2) is 0 Å². The summed E-state index contributed by atoms with van der Waals surface area (Å²) in [6, 6.07) is 31.1. The lowest BCUT2D eigenvalue weighted by atomic mass is 9.98. The Morgan fingerprint density at radius 1 is 0.778 bits per heavy atom. The zero-order valence-electron chi connectivity index (χ0n) is 15.2. The third-order valence-corrected chi connectivity index (χ3v) is 6.39. The summed E-state index contributed by atoms with van der Waals surface area (Å²) in [5, 5.41) is -0.0312. The van der Waals surface area contributed by atoms with Crippen LogP contribution in [0.25, 0.3) is 0 Å². The molecule has 1 amide bonds. The Hall–Kier alpha value is -2.52. The first-order valence-electron chi connectivity index (χ1n) is 9.38. The third kappa shape index (κ3) is 4.42. The second kappa shape index (κ2) is 8.45. The fraction of sp³-hybridized carbons (Fsp3) is 0.208. The van der Waals surface area contributed by atoms with Crippen LogP contribution in [-0.4, -0.2) is 22.6 Å². The van der Waals surface area contributed by atoms with Gasteiger partial charge in [-0.3, -0.25) is 4.79 Å². The van der Waals surface area contributed by atoms with Crippen LogP contribution in [0.1, 0.15) is 11.1 Å². The Morgan fingerprint density at radius 2 is 1.33 bits per heavy atom. The van der Waals surface area contributed by atoms with Gasteiger partial charge in [-0.05, 0) is 29.7 Å². The molecule has 2 nitrogen and oxygen atoms in total. The Balaban J connectivity index is 1.55. The van der Waals surface area contributed by atoms with E-state index in [4.69, 9.17) is 0 Å². The Kier molecular flexibility index (Phi) is 5.59. The average Bonchev–Trinajstić information content (AvgIpc) is 2.99. The Labute approximate surface area is 165 Å². The van der Waals surface area contributed by atoms with Crippen LogP contribution in [0.15, 0.2) is 95.9 Å². The minimum atomic E-state index is -0.0312. The molecule has 2 unspecified atom stereocenters.